The average molecular weight is 549 g/mol. The largest absolute Gasteiger partial charge is 0.352 e. The van der Waals surface area contributed by atoms with Gasteiger partial charge in [-0.1, -0.05) is 5.16 Å². The number of nitrogens with zero attached hydrogens (tertiary/aromatic N) is 2. The van der Waals surface area contributed by atoms with Crippen molar-refractivity contribution in [3.8, 4) is 11.3 Å². The number of carbonyl (C=O) groups excluding carboxylic acids is 1. The van der Waals surface area contributed by atoms with Gasteiger partial charge in [-0.15, -0.1) is 0 Å². The average Bonchev–Trinajstić information content (AvgIpc) is 3.48. The lowest BCUT2D eigenvalue weighted by atomic mass is 9.70. The molecule has 1 aliphatic rings. The summed E-state index contributed by atoms with van der Waals surface area (Å²) in [6.07, 6.45) is 1.14. The van der Waals surface area contributed by atoms with Crippen molar-refractivity contribution in [2.75, 3.05) is 13.6 Å². The van der Waals surface area contributed by atoms with Crippen LogP contribution in [0.1, 0.15) is 40.8 Å². The highest BCUT2D eigenvalue weighted by molar-refractivity contribution is 7.87. The van der Waals surface area contributed by atoms with Gasteiger partial charge in [-0.2, -0.15) is 18.1 Å². The van der Waals surface area contributed by atoms with Gasteiger partial charge < -0.3 is 14.8 Å². The fraction of sp³-hybridized carbons (Fsp3) is 0.292. The van der Waals surface area contributed by atoms with Crippen LogP contribution in [0.2, 0.25) is 0 Å². The molecule has 200 valence electrons. The Morgan fingerprint density at radius 3 is 2.55 bits per heavy atom. The van der Waals surface area contributed by atoms with Crippen LogP contribution in [0.4, 0.5) is 13.2 Å². The summed E-state index contributed by atoms with van der Waals surface area (Å²) in [5.74, 6) is -2.83. The number of amides is 1. The van der Waals surface area contributed by atoms with Gasteiger partial charge in [0.1, 0.15) is 17.5 Å². The van der Waals surface area contributed by atoms with E-state index in [1.165, 1.54) is 25.2 Å². The van der Waals surface area contributed by atoms with Gasteiger partial charge in [0.25, 0.3) is 21.9 Å². The molecule has 0 bridgehead atoms. The van der Waals surface area contributed by atoms with Crippen LogP contribution in [0.3, 0.4) is 0 Å². The molecule has 2 heterocycles. The molecule has 4 aromatic rings. The number of hydrogen-bond acceptors (Lipinski definition) is 6. The second-order valence-electron chi connectivity index (χ2n) is 9.03. The van der Waals surface area contributed by atoms with Gasteiger partial charge in [0.05, 0.1) is 17.8 Å². The second kappa shape index (κ2) is 10.2. The molecule has 14 heteroatoms. The summed E-state index contributed by atoms with van der Waals surface area (Å²) >= 11 is 0. The summed E-state index contributed by atoms with van der Waals surface area (Å²) in [5, 5.41) is 6.19. The zero-order valence-electron chi connectivity index (χ0n) is 20.0. The number of nitrogens with one attached hydrogen (secondary N) is 4. The molecule has 1 amide bonds. The van der Waals surface area contributed by atoms with E-state index in [1.54, 1.807) is 12.1 Å². The molecule has 4 N–H and O–H groups in total. The highest BCUT2D eigenvalue weighted by atomic mass is 32.2. The highest BCUT2D eigenvalue weighted by Gasteiger charge is 2.35. The molecular weight excluding hydrogens is 525 g/mol. The van der Waals surface area contributed by atoms with E-state index in [9.17, 15) is 26.4 Å². The van der Waals surface area contributed by atoms with E-state index in [2.05, 4.69) is 29.9 Å². The van der Waals surface area contributed by atoms with Crippen LogP contribution in [-0.2, 0) is 16.8 Å². The van der Waals surface area contributed by atoms with Crippen molar-refractivity contribution in [2.24, 2.45) is 5.92 Å². The van der Waals surface area contributed by atoms with Crippen molar-refractivity contribution >= 4 is 27.0 Å². The van der Waals surface area contributed by atoms with E-state index >= 15 is 0 Å². The van der Waals surface area contributed by atoms with Gasteiger partial charge >= 0.3 is 0 Å². The van der Waals surface area contributed by atoms with Gasteiger partial charge in [0.2, 0.25) is 5.89 Å². The van der Waals surface area contributed by atoms with Crippen LogP contribution in [0, 0.1) is 23.4 Å². The van der Waals surface area contributed by atoms with Crippen LogP contribution < -0.4 is 14.8 Å². The van der Waals surface area contributed by atoms with Crippen LogP contribution in [-0.4, -0.2) is 43.0 Å². The predicted molar refractivity (Wildman–Crippen MR) is 131 cm³/mol. The first-order valence-electron chi connectivity index (χ1n) is 11.7. The van der Waals surface area contributed by atoms with Crippen molar-refractivity contribution in [1.82, 2.24) is 29.9 Å². The first-order valence-corrected chi connectivity index (χ1v) is 13.2. The number of aromatic nitrogens is 3. The van der Waals surface area contributed by atoms with Crippen molar-refractivity contribution in [3.63, 3.8) is 0 Å². The summed E-state index contributed by atoms with van der Waals surface area (Å²) in [7, 11) is -2.51. The molecule has 5 rings (SSSR count). The molecule has 0 aliphatic heterocycles. The number of H-pyrrole nitrogens is 1. The number of halogens is 3. The molecule has 1 saturated carbocycles. The zero-order chi connectivity index (χ0) is 27.0. The Hall–Kier alpha value is -3.75. The van der Waals surface area contributed by atoms with Crippen LogP contribution >= 0.6 is 0 Å². The number of rotatable bonds is 9. The third-order valence-corrected chi connectivity index (χ3v) is 7.59. The smallest absolute Gasteiger partial charge is 0.292 e. The third-order valence-electron chi connectivity index (χ3n) is 6.52. The van der Waals surface area contributed by atoms with E-state index in [0.717, 1.165) is 6.07 Å². The van der Waals surface area contributed by atoms with Crippen LogP contribution in [0.5, 0.6) is 0 Å². The fourth-order valence-corrected chi connectivity index (χ4v) is 5.48. The van der Waals surface area contributed by atoms with E-state index in [-0.39, 0.29) is 42.2 Å². The van der Waals surface area contributed by atoms with E-state index in [1.807, 2.05) is 0 Å². The van der Waals surface area contributed by atoms with Gasteiger partial charge in [0, 0.05) is 25.0 Å². The minimum absolute atomic E-state index is 0.0238. The summed E-state index contributed by atoms with van der Waals surface area (Å²) in [6, 6.07) is 7.78. The Balaban J connectivity index is 1.25. The van der Waals surface area contributed by atoms with E-state index in [4.69, 9.17) is 4.52 Å². The second-order valence-corrected chi connectivity index (χ2v) is 10.6. The van der Waals surface area contributed by atoms with E-state index in [0.29, 0.717) is 35.0 Å². The predicted octanol–water partition coefficient (Wildman–Crippen LogP) is 3.11. The first-order chi connectivity index (χ1) is 18.1. The Bertz CT molecular complexity index is 1600. The summed E-state index contributed by atoms with van der Waals surface area (Å²) in [4.78, 5) is 18.3. The Morgan fingerprint density at radius 1 is 1.11 bits per heavy atom. The molecule has 0 radical (unpaired) electrons. The summed E-state index contributed by atoms with van der Waals surface area (Å²) in [6.45, 7) is -0.170. The molecule has 1 fully saturated rings. The van der Waals surface area contributed by atoms with E-state index < -0.39 is 33.6 Å². The maximum Gasteiger partial charge on any atom is 0.292 e. The maximum absolute atomic E-state index is 14.5. The molecule has 0 atom stereocenters. The molecule has 2 aromatic heterocycles. The molecule has 0 saturated heterocycles. The number of hydrogen-bond donors (Lipinski definition) is 4. The minimum atomic E-state index is -3.91. The lowest BCUT2D eigenvalue weighted by Crippen LogP contribution is -2.41. The van der Waals surface area contributed by atoms with Crippen molar-refractivity contribution in [2.45, 2.75) is 25.3 Å². The SMILES string of the molecule is CNC(=O)c1noc(CNS(=O)(=O)NCC2CC(c3c(-c4ccc(F)cc4)[nH]c4c(F)cc(F)cc34)C2)n1. The van der Waals surface area contributed by atoms with Gasteiger partial charge in [-0.3, -0.25) is 4.79 Å². The molecule has 2 aromatic carbocycles. The van der Waals surface area contributed by atoms with Gasteiger partial charge in [-0.25, -0.2) is 17.9 Å². The monoisotopic (exact) mass is 548 g/mol. The molecule has 10 nitrogen and oxygen atoms in total. The lowest BCUT2D eigenvalue weighted by Gasteiger charge is -2.36. The Labute approximate surface area is 215 Å². The van der Waals surface area contributed by atoms with Crippen molar-refractivity contribution in [1.29, 1.82) is 0 Å². The Morgan fingerprint density at radius 2 is 1.84 bits per heavy atom. The standard InChI is InChI=1S/C24H23F3N6O4S/c1-28-24(34)23-31-19(37-33-23)11-30-38(35,36)29-10-12-6-14(7-12)20-17-8-16(26)9-18(27)22(17)32-21(20)13-2-4-15(25)5-3-13/h2-5,8-9,12,14,29-30,32H,6-7,10-11H2,1H3,(H,28,34). The zero-order valence-corrected chi connectivity index (χ0v) is 20.8. The molecular formula is C24H23F3N6O4S. The maximum atomic E-state index is 14.5. The third kappa shape index (κ3) is 5.28. The quantitative estimate of drug-likeness (QED) is 0.253. The fourth-order valence-electron chi connectivity index (χ4n) is 4.61. The van der Waals surface area contributed by atoms with Gasteiger partial charge in [-0.05, 0) is 66.1 Å². The Kier molecular flexibility index (Phi) is 6.94. The topological polar surface area (TPSA) is 142 Å². The minimum Gasteiger partial charge on any atom is -0.352 e. The molecule has 0 spiro atoms. The summed E-state index contributed by atoms with van der Waals surface area (Å²) < 4.78 is 76.4. The number of carbonyl (C=O) groups is 1. The number of fused-ring (bicyclic) bond motifs is 1. The lowest BCUT2D eigenvalue weighted by molar-refractivity contribution is 0.0950. The van der Waals surface area contributed by atoms with Crippen LogP contribution in [0.15, 0.2) is 40.9 Å². The molecule has 0 unspecified atom stereocenters. The normalized spacial score (nSPS) is 17.5. The number of aromatic amines is 1. The van der Waals surface area contributed by atoms with Crippen molar-refractivity contribution in [3.05, 3.63) is 71.1 Å². The summed E-state index contributed by atoms with van der Waals surface area (Å²) in [5.41, 5.74) is 2.08. The highest BCUT2D eigenvalue weighted by Crippen LogP contribution is 2.48. The van der Waals surface area contributed by atoms with Crippen molar-refractivity contribution < 1.29 is 30.9 Å². The van der Waals surface area contributed by atoms with Gasteiger partial charge in [0.15, 0.2) is 0 Å². The van der Waals surface area contributed by atoms with Crippen LogP contribution in [0.25, 0.3) is 22.2 Å². The molecule has 38 heavy (non-hydrogen) atoms. The molecule has 1 aliphatic carbocycles. The number of benzene rings is 2. The first kappa shape index (κ1) is 25.9.